The van der Waals surface area contributed by atoms with Crippen LogP contribution in [0.2, 0.25) is 0 Å². The molecule has 86 heavy (non-hydrogen) atoms. The Morgan fingerprint density at radius 1 is 0.337 bits per heavy atom. The van der Waals surface area contributed by atoms with Gasteiger partial charge >= 0.3 is 0 Å². The molecule has 6 heterocycles. The van der Waals surface area contributed by atoms with Crippen molar-refractivity contribution >= 4 is 68.6 Å². The number of carbonyl (C=O) groups is 2. The van der Waals surface area contributed by atoms with Crippen LogP contribution >= 0.6 is 45.3 Å². The normalized spacial score (nSPS) is 14.3. The van der Waals surface area contributed by atoms with Crippen LogP contribution in [0.4, 0.5) is 0 Å². The van der Waals surface area contributed by atoms with Crippen LogP contribution in [0.15, 0.2) is 58.3 Å². The number of hydrogen-bond donors (Lipinski definition) is 0. The highest BCUT2D eigenvalue weighted by atomic mass is 32.1. The average molecular weight is 1250 g/mol. The summed E-state index contributed by atoms with van der Waals surface area (Å²) in [7, 11) is 0. The molecule has 482 valence electrons. The topological polar surface area (TPSA) is 40.6 Å². The molecule has 4 nitrogen and oxygen atoms in total. The molecule has 6 rings (SSSR count). The van der Waals surface area contributed by atoms with Gasteiger partial charge in [-0.1, -0.05) is 298 Å². The predicted molar refractivity (Wildman–Crippen MR) is 384 cm³/mol. The lowest BCUT2D eigenvalue weighted by Gasteiger charge is -2.29. The molecule has 0 fully saturated rings. The van der Waals surface area contributed by atoms with Gasteiger partial charge in [-0.3, -0.25) is 9.59 Å². The third-order valence-corrected chi connectivity index (χ3v) is 23.6. The lowest BCUT2D eigenvalue weighted by molar-refractivity contribution is -0.124. The molecular weight excluding hydrogens is 1130 g/mol. The lowest BCUT2D eigenvalue weighted by atomic mass is 9.93. The monoisotopic (exact) mass is 1250 g/mol. The number of unbranched alkanes of at least 4 members (excludes halogenated alkanes) is 34. The summed E-state index contributed by atoms with van der Waals surface area (Å²) in [5.41, 5.74) is 6.10. The standard InChI is InChI=1S/C78H124N2O2S4/c1-7-13-19-25-29-31-33-35-39-45-53-65-59-69(85-75(65)67-55-47-57-83-67)73-71-72(78(82)79(73)61-63(49-41-23-17-11-5)51-43-37-27-21-15-9-3)74(80(77(71)81)62-64(50-42-24-18-12-6)52-44-38-28-22-16-10-4)70-60-66(76(86-70)68-56-48-58-84-68)54-46-40-36-34-32-30-26-20-14-8-2/h47-48,55-60,63-64H,7-46,49-54,61-62H2,1-6H3. The van der Waals surface area contributed by atoms with Gasteiger partial charge in [-0.2, -0.15) is 0 Å². The first-order valence-corrected chi connectivity index (χ1v) is 40.2. The SMILES string of the molecule is CCCCCCCCCCCCc1cc(C2=C3C(=O)N(CC(CCCCCC)CCCCCCCC)C(c4cc(CCCCCCCCCCCC)c(-c5cccs5)s4)=C3C(=O)N2CC(CCCCCC)CCCCCCCC)sc1-c1cccs1. The molecule has 2 aliphatic heterocycles. The zero-order valence-electron chi connectivity index (χ0n) is 56.1. The van der Waals surface area contributed by atoms with Gasteiger partial charge < -0.3 is 9.80 Å². The minimum Gasteiger partial charge on any atom is -0.306 e. The van der Waals surface area contributed by atoms with Crippen molar-refractivity contribution in [3.05, 3.63) is 79.2 Å². The molecule has 0 radical (unpaired) electrons. The van der Waals surface area contributed by atoms with E-state index in [1.165, 1.54) is 287 Å². The zero-order chi connectivity index (χ0) is 60.8. The Balaban J connectivity index is 1.45. The molecule has 0 saturated heterocycles. The van der Waals surface area contributed by atoms with Gasteiger partial charge in [0.25, 0.3) is 11.8 Å². The summed E-state index contributed by atoms with van der Waals surface area (Å²) in [4.78, 5) is 44.9. The molecule has 4 aromatic rings. The molecule has 0 bridgehead atoms. The first-order valence-electron chi connectivity index (χ1n) is 36.8. The van der Waals surface area contributed by atoms with Crippen molar-refractivity contribution in [1.82, 2.24) is 9.80 Å². The van der Waals surface area contributed by atoms with Crippen molar-refractivity contribution in [2.45, 2.75) is 337 Å². The molecule has 0 N–H and O–H groups in total. The second-order valence-electron chi connectivity index (χ2n) is 26.6. The third kappa shape index (κ3) is 24.1. The minimum absolute atomic E-state index is 0.0856. The lowest BCUT2D eigenvalue weighted by Crippen LogP contribution is -2.34. The van der Waals surface area contributed by atoms with E-state index in [2.05, 4.69) is 98.5 Å². The maximum atomic E-state index is 16.5. The highest BCUT2D eigenvalue weighted by Crippen LogP contribution is 2.53. The van der Waals surface area contributed by atoms with Crippen molar-refractivity contribution in [2.75, 3.05) is 13.1 Å². The summed E-state index contributed by atoms with van der Waals surface area (Å²) in [5.74, 6) is 0.947. The first kappa shape index (κ1) is 72.3. The van der Waals surface area contributed by atoms with E-state index in [1.54, 1.807) is 0 Å². The van der Waals surface area contributed by atoms with Crippen LogP contribution in [0.5, 0.6) is 0 Å². The van der Waals surface area contributed by atoms with Crippen LogP contribution in [0.3, 0.4) is 0 Å². The van der Waals surface area contributed by atoms with Crippen molar-refractivity contribution in [1.29, 1.82) is 0 Å². The number of amides is 2. The Morgan fingerprint density at radius 2 is 0.605 bits per heavy atom. The van der Waals surface area contributed by atoms with Crippen LogP contribution in [0.25, 0.3) is 30.9 Å². The number of hydrogen-bond acceptors (Lipinski definition) is 6. The molecule has 0 saturated carbocycles. The van der Waals surface area contributed by atoms with Gasteiger partial charge in [-0.15, -0.1) is 45.3 Å². The number of nitrogens with zero attached hydrogens (tertiary/aromatic N) is 2. The average Bonchev–Trinajstić information content (AvgIpc) is 1.60. The van der Waals surface area contributed by atoms with Gasteiger partial charge in [0.15, 0.2) is 0 Å². The van der Waals surface area contributed by atoms with Crippen LogP contribution in [0, 0.1) is 11.8 Å². The molecule has 0 aromatic carbocycles. The summed E-state index contributed by atoms with van der Waals surface area (Å²) in [5, 5.41) is 4.45. The Morgan fingerprint density at radius 3 is 0.884 bits per heavy atom. The van der Waals surface area contributed by atoms with Crippen LogP contribution in [-0.4, -0.2) is 34.7 Å². The van der Waals surface area contributed by atoms with E-state index >= 15 is 9.59 Å². The van der Waals surface area contributed by atoms with Gasteiger partial charge in [0.2, 0.25) is 0 Å². The fourth-order valence-corrected chi connectivity index (χ4v) is 18.2. The smallest absolute Gasteiger partial charge is 0.261 e. The quantitative estimate of drug-likeness (QED) is 0.0413. The van der Waals surface area contributed by atoms with Crippen molar-refractivity contribution in [3.63, 3.8) is 0 Å². The molecule has 2 atom stereocenters. The molecule has 2 aliphatic rings. The third-order valence-electron chi connectivity index (χ3n) is 19.1. The maximum Gasteiger partial charge on any atom is 0.261 e. The van der Waals surface area contributed by atoms with E-state index in [4.69, 9.17) is 0 Å². The van der Waals surface area contributed by atoms with Gasteiger partial charge in [0, 0.05) is 32.6 Å². The summed E-state index contributed by atoms with van der Waals surface area (Å²) < 4.78 is 0. The highest BCUT2D eigenvalue weighted by Gasteiger charge is 2.50. The molecule has 0 aliphatic carbocycles. The molecule has 0 spiro atoms. The van der Waals surface area contributed by atoms with Crippen molar-refractivity contribution in [3.8, 4) is 19.5 Å². The molecular formula is C78H124N2O2S4. The first-order chi connectivity index (χ1) is 42.4. The fraction of sp³-hybridized carbons (Fsp3) is 0.718. The van der Waals surface area contributed by atoms with E-state index < -0.39 is 0 Å². The van der Waals surface area contributed by atoms with Crippen molar-refractivity contribution < 1.29 is 9.59 Å². The summed E-state index contributed by atoms with van der Waals surface area (Å²) in [6.45, 7) is 15.3. The minimum atomic E-state index is 0.0856. The largest absolute Gasteiger partial charge is 0.306 e. The Kier molecular flexibility index (Phi) is 36.9. The van der Waals surface area contributed by atoms with E-state index in [-0.39, 0.29) is 11.8 Å². The van der Waals surface area contributed by atoms with Crippen LogP contribution in [-0.2, 0) is 22.4 Å². The van der Waals surface area contributed by atoms with Gasteiger partial charge in [0.05, 0.1) is 32.3 Å². The Bertz CT molecular complexity index is 2300. The number of aryl methyl sites for hydroxylation is 2. The van der Waals surface area contributed by atoms with E-state index in [9.17, 15) is 0 Å². The highest BCUT2D eigenvalue weighted by molar-refractivity contribution is 7.22. The summed E-state index contributed by atoms with van der Waals surface area (Å²) >= 11 is 7.43. The maximum absolute atomic E-state index is 16.5. The van der Waals surface area contributed by atoms with Gasteiger partial charge in [0.1, 0.15) is 0 Å². The Labute approximate surface area is 544 Å². The summed E-state index contributed by atoms with van der Waals surface area (Å²) in [6.07, 6.45) is 58.3. The van der Waals surface area contributed by atoms with Crippen LogP contribution < -0.4 is 0 Å². The van der Waals surface area contributed by atoms with Gasteiger partial charge in [-0.25, -0.2) is 0 Å². The van der Waals surface area contributed by atoms with E-state index in [0.29, 0.717) is 36.1 Å². The van der Waals surface area contributed by atoms with E-state index in [0.717, 1.165) is 59.7 Å². The molecule has 2 amide bonds. The number of rotatable bonds is 54. The second-order valence-corrected chi connectivity index (χ2v) is 30.6. The predicted octanol–water partition coefficient (Wildman–Crippen LogP) is 26.7. The second kappa shape index (κ2) is 43.8. The van der Waals surface area contributed by atoms with E-state index in [1.807, 2.05) is 45.3 Å². The Hall–Kier alpha value is -2.78. The number of fused-ring (bicyclic) bond motifs is 1. The summed E-state index contributed by atoms with van der Waals surface area (Å²) in [6, 6.07) is 13.9. The number of carbonyl (C=O) groups excluding carboxylic acids is 2. The molecule has 8 heteroatoms. The van der Waals surface area contributed by atoms with Crippen LogP contribution in [0.1, 0.15) is 345 Å². The fourth-order valence-electron chi connectivity index (χ4n) is 13.9. The zero-order valence-corrected chi connectivity index (χ0v) is 59.3. The molecule has 2 unspecified atom stereocenters. The van der Waals surface area contributed by atoms with Gasteiger partial charge in [-0.05, 0) is 109 Å². The number of thiophene rings is 4. The van der Waals surface area contributed by atoms with Crippen molar-refractivity contribution in [2.24, 2.45) is 11.8 Å². The molecule has 4 aromatic heterocycles.